The Morgan fingerprint density at radius 2 is 2.10 bits per heavy atom. The Balaban J connectivity index is 2.33. The van der Waals surface area contributed by atoms with Crippen LogP contribution in [0.25, 0.3) is 0 Å². The summed E-state index contributed by atoms with van der Waals surface area (Å²) in [6.07, 6.45) is 0. The molecule has 1 atom stereocenters. The molecule has 0 fully saturated rings. The maximum atomic E-state index is 12.1. The number of aryl methyl sites for hydroxylation is 1. The van der Waals surface area contributed by atoms with E-state index < -0.39 is 17.2 Å². The van der Waals surface area contributed by atoms with Crippen LogP contribution in [0.5, 0.6) is 5.88 Å². The van der Waals surface area contributed by atoms with Crippen molar-refractivity contribution in [3.8, 4) is 11.9 Å². The molecule has 2 aromatic rings. The Hall–Kier alpha value is -3.21. The molecule has 3 rings (SSSR count). The molecule has 3 heterocycles. The SMILES string of the molecule is Cc1ccc(C2C(C#N)=C(N)Oc3[nH]c(=O)[nH]c(=O)c32)o1. The first-order chi connectivity index (χ1) is 10.0. The molecule has 0 spiro atoms. The third kappa shape index (κ3) is 1.92. The minimum Gasteiger partial charge on any atom is -0.465 e. The number of rotatable bonds is 1. The van der Waals surface area contributed by atoms with Gasteiger partial charge in [0.1, 0.15) is 23.2 Å². The van der Waals surface area contributed by atoms with E-state index in [1.807, 2.05) is 6.07 Å². The maximum Gasteiger partial charge on any atom is 0.328 e. The fourth-order valence-electron chi connectivity index (χ4n) is 2.28. The molecule has 8 nitrogen and oxygen atoms in total. The van der Waals surface area contributed by atoms with E-state index in [1.165, 1.54) is 0 Å². The normalized spacial score (nSPS) is 17.0. The molecule has 106 valence electrons. The number of ether oxygens (including phenoxy) is 1. The van der Waals surface area contributed by atoms with Crippen molar-refractivity contribution >= 4 is 0 Å². The Morgan fingerprint density at radius 3 is 2.71 bits per heavy atom. The van der Waals surface area contributed by atoms with Crippen LogP contribution in [0.3, 0.4) is 0 Å². The van der Waals surface area contributed by atoms with Crippen LogP contribution in [-0.2, 0) is 0 Å². The van der Waals surface area contributed by atoms with Gasteiger partial charge in [0.2, 0.25) is 11.8 Å². The Labute approximate surface area is 117 Å². The van der Waals surface area contributed by atoms with Crippen molar-refractivity contribution in [1.29, 1.82) is 5.26 Å². The van der Waals surface area contributed by atoms with Gasteiger partial charge in [0.15, 0.2) is 0 Å². The predicted molar refractivity (Wildman–Crippen MR) is 70.4 cm³/mol. The number of aromatic amines is 2. The second kappa shape index (κ2) is 4.42. The van der Waals surface area contributed by atoms with Crippen LogP contribution in [0.15, 0.2) is 37.6 Å². The highest BCUT2D eigenvalue weighted by Crippen LogP contribution is 2.38. The summed E-state index contributed by atoms with van der Waals surface area (Å²) >= 11 is 0. The fraction of sp³-hybridized carbons (Fsp3) is 0.154. The van der Waals surface area contributed by atoms with Crippen LogP contribution in [0.4, 0.5) is 0 Å². The monoisotopic (exact) mass is 286 g/mol. The summed E-state index contributed by atoms with van der Waals surface area (Å²) in [5.41, 5.74) is 4.45. The minimum atomic E-state index is -0.826. The van der Waals surface area contributed by atoms with Crippen LogP contribution in [-0.4, -0.2) is 9.97 Å². The molecule has 21 heavy (non-hydrogen) atoms. The van der Waals surface area contributed by atoms with Gasteiger partial charge in [-0.2, -0.15) is 5.26 Å². The molecule has 0 radical (unpaired) electrons. The Kier molecular flexibility index (Phi) is 2.69. The van der Waals surface area contributed by atoms with Crippen LogP contribution in [0.2, 0.25) is 0 Å². The van der Waals surface area contributed by atoms with Crippen LogP contribution < -0.4 is 21.7 Å². The van der Waals surface area contributed by atoms with E-state index in [-0.39, 0.29) is 22.9 Å². The van der Waals surface area contributed by atoms with E-state index in [0.29, 0.717) is 11.5 Å². The maximum absolute atomic E-state index is 12.1. The predicted octanol–water partition coefficient (Wildman–Crippen LogP) is 0.183. The summed E-state index contributed by atoms with van der Waals surface area (Å²) in [4.78, 5) is 27.9. The van der Waals surface area contributed by atoms with E-state index in [2.05, 4.69) is 9.97 Å². The van der Waals surface area contributed by atoms with E-state index >= 15 is 0 Å². The summed E-state index contributed by atoms with van der Waals surface area (Å²) in [5, 5.41) is 9.28. The summed E-state index contributed by atoms with van der Waals surface area (Å²) in [5.74, 6) is -0.0958. The first kappa shape index (κ1) is 12.8. The lowest BCUT2D eigenvalue weighted by atomic mass is 9.89. The second-order valence-electron chi connectivity index (χ2n) is 4.52. The van der Waals surface area contributed by atoms with Gasteiger partial charge in [-0.1, -0.05) is 0 Å². The number of allylic oxidation sites excluding steroid dienone is 1. The van der Waals surface area contributed by atoms with Gasteiger partial charge in [-0.25, -0.2) is 4.79 Å². The average molecular weight is 286 g/mol. The van der Waals surface area contributed by atoms with E-state index in [1.54, 1.807) is 19.1 Å². The third-order valence-corrected chi connectivity index (χ3v) is 3.16. The molecule has 1 unspecified atom stereocenters. The number of nitrogens with two attached hydrogens (primary N) is 1. The molecular weight excluding hydrogens is 276 g/mol. The highest BCUT2D eigenvalue weighted by atomic mass is 16.5. The molecular formula is C13H10N4O4. The summed E-state index contributed by atoms with van der Waals surface area (Å²) < 4.78 is 10.7. The van der Waals surface area contributed by atoms with Gasteiger partial charge in [0.05, 0.1) is 11.5 Å². The van der Waals surface area contributed by atoms with Gasteiger partial charge in [-0.3, -0.25) is 14.8 Å². The van der Waals surface area contributed by atoms with E-state index in [0.717, 1.165) is 0 Å². The molecule has 2 aromatic heterocycles. The molecule has 0 bridgehead atoms. The molecule has 4 N–H and O–H groups in total. The quantitative estimate of drug-likeness (QED) is 0.683. The van der Waals surface area contributed by atoms with Gasteiger partial charge in [-0.05, 0) is 19.1 Å². The van der Waals surface area contributed by atoms with E-state index in [4.69, 9.17) is 14.9 Å². The standard InChI is InChI=1S/C13H10N4O4/c1-5-2-3-7(20-5)8-6(4-14)10(15)21-12-9(8)11(18)16-13(19)17-12/h2-3,8H,15H2,1H3,(H2,16,17,18,19). The number of nitrogens with zero attached hydrogens (tertiary/aromatic N) is 1. The highest BCUT2D eigenvalue weighted by molar-refractivity contribution is 5.50. The number of furan rings is 1. The lowest BCUT2D eigenvalue weighted by Crippen LogP contribution is -2.33. The molecule has 8 heteroatoms. The van der Waals surface area contributed by atoms with Crippen molar-refractivity contribution in [3.63, 3.8) is 0 Å². The van der Waals surface area contributed by atoms with Gasteiger partial charge in [0.25, 0.3) is 5.56 Å². The number of nitrogens with one attached hydrogen (secondary N) is 2. The smallest absolute Gasteiger partial charge is 0.328 e. The zero-order valence-corrected chi connectivity index (χ0v) is 10.9. The molecule has 0 aromatic carbocycles. The van der Waals surface area contributed by atoms with Gasteiger partial charge < -0.3 is 14.9 Å². The van der Waals surface area contributed by atoms with E-state index in [9.17, 15) is 14.9 Å². The lowest BCUT2D eigenvalue weighted by Gasteiger charge is -2.22. The van der Waals surface area contributed by atoms with Gasteiger partial charge in [-0.15, -0.1) is 0 Å². The average Bonchev–Trinajstić information content (AvgIpc) is 2.83. The summed E-state index contributed by atoms with van der Waals surface area (Å²) in [6, 6.07) is 5.27. The lowest BCUT2D eigenvalue weighted by molar-refractivity contribution is 0.363. The molecule has 1 aliphatic heterocycles. The Morgan fingerprint density at radius 1 is 1.33 bits per heavy atom. The minimum absolute atomic E-state index is 0.0504. The third-order valence-electron chi connectivity index (χ3n) is 3.16. The molecule has 0 amide bonds. The van der Waals surface area contributed by atoms with Crippen molar-refractivity contribution in [1.82, 2.24) is 9.97 Å². The van der Waals surface area contributed by atoms with Gasteiger partial charge >= 0.3 is 5.69 Å². The first-order valence-corrected chi connectivity index (χ1v) is 6.01. The number of H-pyrrole nitrogens is 2. The number of hydrogen-bond donors (Lipinski definition) is 3. The van der Waals surface area contributed by atoms with Crippen molar-refractivity contribution in [2.75, 3.05) is 0 Å². The summed E-state index contributed by atoms with van der Waals surface area (Å²) in [6.45, 7) is 1.74. The van der Waals surface area contributed by atoms with Crippen LogP contribution >= 0.6 is 0 Å². The van der Waals surface area contributed by atoms with Crippen LogP contribution in [0.1, 0.15) is 23.0 Å². The van der Waals surface area contributed by atoms with Crippen molar-refractivity contribution in [2.45, 2.75) is 12.8 Å². The molecule has 0 aliphatic carbocycles. The van der Waals surface area contributed by atoms with Gasteiger partial charge in [0, 0.05) is 0 Å². The van der Waals surface area contributed by atoms with Crippen molar-refractivity contribution in [3.05, 3.63) is 61.5 Å². The van der Waals surface area contributed by atoms with Crippen LogP contribution in [0, 0.1) is 18.3 Å². The number of nitriles is 1. The number of hydrogen-bond acceptors (Lipinski definition) is 6. The van der Waals surface area contributed by atoms with Crippen molar-refractivity contribution < 1.29 is 9.15 Å². The second-order valence-corrected chi connectivity index (χ2v) is 4.52. The summed E-state index contributed by atoms with van der Waals surface area (Å²) in [7, 11) is 0. The molecule has 1 aliphatic rings. The zero-order valence-electron chi connectivity index (χ0n) is 10.9. The number of fused-ring (bicyclic) bond motifs is 1. The Bertz CT molecular complexity index is 909. The first-order valence-electron chi connectivity index (χ1n) is 6.01. The molecule has 0 saturated carbocycles. The topological polar surface area (TPSA) is 138 Å². The van der Waals surface area contributed by atoms with Crippen molar-refractivity contribution in [2.24, 2.45) is 5.73 Å². The molecule has 0 saturated heterocycles. The largest absolute Gasteiger partial charge is 0.465 e. The number of aromatic nitrogens is 2. The zero-order chi connectivity index (χ0) is 15.1. The fourth-order valence-corrected chi connectivity index (χ4v) is 2.28. The highest BCUT2D eigenvalue weighted by Gasteiger charge is 2.35.